The molecule has 0 aliphatic heterocycles. The van der Waals surface area contributed by atoms with E-state index in [0.29, 0.717) is 12.8 Å². The second-order valence-corrected chi connectivity index (χ2v) is 10.9. The van der Waals surface area contributed by atoms with E-state index in [1.165, 1.54) is 11.8 Å². The number of nitrogens with one attached hydrogen (secondary N) is 1. The van der Waals surface area contributed by atoms with E-state index in [2.05, 4.69) is 21.2 Å². The van der Waals surface area contributed by atoms with Crippen molar-refractivity contribution >= 4 is 27.9 Å². The van der Waals surface area contributed by atoms with E-state index in [9.17, 15) is 23.5 Å². The highest BCUT2D eigenvalue weighted by molar-refractivity contribution is 9.10. The van der Waals surface area contributed by atoms with Gasteiger partial charge in [-0.05, 0) is 75.4 Å². The van der Waals surface area contributed by atoms with Gasteiger partial charge in [0.1, 0.15) is 17.2 Å². The molecule has 0 saturated heterocycles. The highest BCUT2D eigenvalue weighted by atomic mass is 79.9. The highest BCUT2D eigenvalue weighted by Crippen LogP contribution is 2.52. The van der Waals surface area contributed by atoms with Gasteiger partial charge in [-0.15, -0.1) is 0 Å². The number of halogens is 3. The number of benzene rings is 2. The van der Waals surface area contributed by atoms with Crippen LogP contribution in [0, 0.1) is 11.6 Å². The van der Waals surface area contributed by atoms with Crippen LogP contribution < -0.4 is 5.32 Å². The summed E-state index contributed by atoms with van der Waals surface area (Å²) >= 11 is 3.47. The minimum Gasteiger partial charge on any atom is -0.444 e. The topological polar surface area (TPSA) is 78.9 Å². The smallest absolute Gasteiger partial charge is 0.411 e. The van der Waals surface area contributed by atoms with Crippen molar-refractivity contribution in [2.75, 3.05) is 6.54 Å². The van der Waals surface area contributed by atoms with Crippen LogP contribution in [0.1, 0.15) is 51.7 Å². The Morgan fingerprint density at radius 3 is 2.31 bits per heavy atom. The Morgan fingerprint density at radius 2 is 1.80 bits per heavy atom. The minimum atomic E-state index is -1.23. The highest BCUT2D eigenvalue weighted by Gasteiger charge is 2.53. The molecule has 0 aromatic heterocycles. The summed E-state index contributed by atoms with van der Waals surface area (Å²) in [5.74, 6) is -1.92. The maximum Gasteiger partial charge on any atom is 0.411 e. The van der Waals surface area contributed by atoms with Crippen LogP contribution in [0.5, 0.6) is 0 Å². The molecule has 190 valence electrons. The molecule has 0 heterocycles. The van der Waals surface area contributed by atoms with Gasteiger partial charge < -0.3 is 15.2 Å². The van der Waals surface area contributed by atoms with Crippen LogP contribution in [0.4, 0.5) is 13.6 Å². The molecule has 35 heavy (non-hydrogen) atoms. The first-order valence-electron chi connectivity index (χ1n) is 11.5. The first-order chi connectivity index (χ1) is 16.3. The van der Waals surface area contributed by atoms with E-state index in [-0.39, 0.29) is 18.5 Å². The Morgan fingerprint density at radius 1 is 1.17 bits per heavy atom. The maximum atomic E-state index is 13.7. The van der Waals surface area contributed by atoms with Gasteiger partial charge in [0.05, 0.1) is 24.2 Å². The lowest BCUT2D eigenvalue weighted by molar-refractivity contribution is -0.120. The summed E-state index contributed by atoms with van der Waals surface area (Å²) in [4.78, 5) is 26.7. The lowest BCUT2D eigenvalue weighted by Gasteiger charge is -2.37. The molecule has 9 heteroatoms. The van der Waals surface area contributed by atoms with Crippen molar-refractivity contribution in [2.24, 2.45) is 0 Å². The number of hydrogen-bond acceptors (Lipinski definition) is 4. The van der Waals surface area contributed by atoms with Crippen LogP contribution in [-0.2, 0) is 21.5 Å². The van der Waals surface area contributed by atoms with E-state index in [4.69, 9.17) is 4.74 Å². The van der Waals surface area contributed by atoms with Gasteiger partial charge in [-0.25, -0.2) is 13.6 Å². The van der Waals surface area contributed by atoms with Crippen LogP contribution in [0.3, 0.4) is 0 Å². The number of nitrogens with zero attached hydrogens (tertiary/aromatic N) is 1. The van der Waals surface area contributed by atoms with Crippen molar-refractivity contribution in [1.29, 1.82) is 0 Å². The summed E-state index contributed by atoms with van der Waals surface area (Å²) in [7, 11) is 0. The fourth-order valence-electron chi connectivity index (χ4n) is 4.19. The third-order valence-electron chi connectivity index (χ3n) is 5.82. The molecule has 1 unspecified atom stereocenters. The average Bonchev–Trinajstić information content (AvgIpc) is 3.50. The van der Waals surface area contributed by atoms with Crippen LogP contribution in [0.15, 0.2) is 46.9 Å². The summed E-state index contributed by atoms with van der Waals surface area (Å²) in [6.45, 7) is 6.43. The average molecular weight is 553 g/mol. The number of amides is 2. The summed E-state index contributed by atoms with van der Waals surface area (Å²) in [5, 5.41) is 13.9. The fourth-order valence-corrected chi connectivity index (χ4v) is 4.59. The van der Waals surface area contributed by atoms with Crippen molar-refractivity contribution in [1.82, 2.24) is 10.2 Å². The molecule has 1 aliphatic carbocycles. The predicted molar refractivity (Wildman–Crippen MR) is 132 cm³/mol. The number of hydrogen-bond donors (Lipinski definition) is 2. The second kappa shape index (κ2) is 10.6. The predicted octanol–water partition coefficient (Wildman–Crippen LogP) is 5.06. The Labute approximate surface area is 212 Å². The van der Waals surface area contributed by atoms with Crippen molar-refractivity contribution < 1.29 is 28.2 Å². The molecule has 2 atom stereocenters. The number of aliphatic hydroxyl groups excluding tert-OH is 1. The lowest BCUT2D eigenvalue weighted by atomic mass is 9.98. The van der Waals surface area contributed by atoms with E-state index in [1.54, 1.807) is 20.8 Å². The second-order valence-electron chi connectivity index (χ2n) is 9.99. The summed E-state index contributed by atoms with van der Waals surface area (Å²) < 4.78 is 34.0. The van der Waals surface area contributed by atoms with E-state index >= 15 is 0 Å². The van der Waals surface area contributed by atoms with Gasteiger partial charge in [-0.2, -0.15) is 0 Å². The van der Waals surface area contributed by atoms with Crippen LogP contribution in [0.25, 0.3) is 0 Å². The Balaban J connectivity index is 1.91. The molecule has 2 amide bonds. The Hall–Kier alpha value is -2.52. The molecular weight excluding hydrogens is 522 g/mol. The van der Waals surface area contributed by atoms with Gasteiger partial charge in [0, 0.05) is 17.5 Å². The molecular formula is C26H31BrF2N2O4. The molecule has 2 aromatic carbocycles. The number of ether oxygens (including phenoxy) is 1. The van der Waals surface area contributed by atoms with Gasteiger partial charge in [-0.1, -0.05) is 28.1 Å². The molecule has 1 saturated carbocycles. The number of rotatable bonds is 8. The lowest BCUT2D eigenvalue weighted by Crippen LogP contribution is -2.53. The van der Waals surface area contributed by atoms with Gasteiger partial charge in [0.15, 0.2) is 0 Å². The molecule has 2 N–H and O–H groups in total. The fraction of sp³-hybridized carbons (Fsp3) is 0.462. The molecule has 1 fully saturated rings. The van der Waals surface area contributed by atoms with Gasteiger partial charge in [-0.3, -0.25) is 9.69 Å². The molecule has 2 aromatic rings. The van der Waals surface area contributed by atoms with Crippen molar-refractivity contribution in [3.63, 3.8) is 0 Å². The summed E-state index contributed by atoms with van der Waals surface area (Å²) in [5.41, 5.74) is -0.256. The first kappa shape index (κ1) is 27.1. The van der Waals surface area contributed by atoms with Crippen LogP contribution >= 0.6 is 15.9 Å². The molecule has 6 nitrogen and oxygen atoms in total. The van der Waals surface area contributed by atoms with Gasteiger partial charge in [0.25, 0.3) is 0 Å². The van der Waals surface area contributed by atoms with E-state index < -0.39 is 46.9 Å². The third-order valence-corrected chi connectivity index (χ3v) is 6.31. The zero-order valence-corrected chi connectivity index (χ0v) is 21.9. The van der Waals surface area contributed by atoms with Crippen LogP contribution in [0.2, 0.25) is 0 Å². The molecule has 0 spiro atoms. The minimum absolute atomic E-state index is 0.0263. The summed E-state index contributed by atoms with van der Waals surface area (Å²) in [6, 6.07) is 9.78. The largest absolute Gasteiger partial charge is 0.444 e. The Kier molecular flexibility index (Phi) is 8.21. The van der Waals surface area contributed by atoms with Crippen molar-refractivity contribution in [2.45, 2.75) is 70.2 Å². The molecule has 0 bridgehead atoms. The standard InChI is InChI=1S/C26H31BrF2N2O4/c1-16(32)30-22(12-17-10-20(28)14-21(29)11-17)23(33)15-31(24(34)35-25(2,3)4)26(8-9-26)18-6-5-7-19(27)13-18/h5-7,10-11,13-14,22-23,33H,8-9,12,15H2,1-4H3,(H,30,32)/t22?,23-/m1/s1. The zero-order chi connectivity index (χ0) is 26.0. The van der Waals surface area contributed by atoms with Crippen molar-refractivity contribution in [3.05, 3.63) is 69.7 Å². The number of aliphatic hydroxyl groups is 1. The zero-order valence-electron chi connectivity index (χ0n) is 20.3. The maximum absolute atomic E-state index is 13.7. The molecule has 0 radical (unpaired) electrons. The van der Waals surface area contributed by atoms with Gasteiger partial charge in [0.2, 0.25) is 5.91 Å². The normalized spacial score (nSPS) is 16.2. The quantitative estimate of drug-likeness (QED) is 0.479. The SMILES string of the molecule is CC(=O)NC(Cc1cc(F)cc(F)c1)[C@H](O)CN(C(=O)OC(C)(C)C)C1(c2cccc(Br)c2)CC1. The third kappa shape index (κ3) is 7.24. The summed E-state index contributed by atoms with van der Waals surface area (Å²) in [6.07, 6.45) is -0.499. The molecule has 3 rings (SSSR count). The number of carbonyl (C=O) groups is 2. The van der Waals surface area contributed by atoms with Crippen molar-refractivity contribution in [3.8, 4) is 0 Å². The number of carbonyl (C=O) groups excluding carboxylic acids is 2. The van der Waals surface area contributed by atoms with Gasteiger partial charge >= 0.3 is 6.09 Å². The first-order valence-corrected chi connectivity index (χ1v) is 12.3. The van der Waals surface area contributed by atoms with Crippen LogP contribution in [-0.4, -0.2) is 46.3 Å². The van der Waals surface area contributed by atoms with E-state index in [1.807, 2.05) is 24.3 Å². The monoisotopic (exact) mass is 552 g/mol. The van der Waals surface area contributed by atoms with E-state index in [0.717, 1.165) is 28.2 Å². The molecule has 1 aliphatic rings. The Bertz CT molecular complexity index is 1070.